The summed E-state index contributed by atoms with van der Waals surface area (Å²) in [6.45, 7) is 0. The first-order valence-electron chi connectivity index (χ1n) is 6.55. The minimum atomic E-state index is 0.578. The number of fused-ring (bicyclic) bond motifs is 3. The fourth-order valence-electron chi connectivity index (χ4n) is 3.54. The van der Waals surface area contributed by atoms with Gasteiger partial charge in [0.15, 0.2) is 0 Å². The van der Waals surface area contributed by atoms with Gasteiger partial charge in [-0.2, -0.15) is 0 Å². The van der Waals surface area contributed by atoms with Gasteiger partial charge in [0, 0.05) is 0 Å². The lowest BCUT2D eigenvalue weighted by atomic mass is 9.82. The Labute approximate surface area is 105 Å². The van der Waals surface area contributed by atoms with E-state index in [1.54, 1.807) is 5.56 Å². The molecule has 0 bridgehead atoms. The summed E-state index contributed by atoms with van der Waals surface area (Å²) in [4.78, 5) is 5.79. The average Bonchev–Trinajstić information content (AvgIpc) is 3.01. The van der Waals surface area contributed by atoms with E-state index in [-0.39, 0.29) is 0 Å². The highest BCUT2D eigenvalue weighted by molar-refractivity contribution is 7.13. The number of hydrogen-bond acceptors (Lipinski definition) is 2. The molecule has 88 valence electrons. The highest BCUT2D eigenvalue weighted by Crippen LogP contribution is 2.48. The van der Waals surface area contributed by atoms with Crippen molar-refractivity contribution in [3.8, 4) is 10.6 Å². The zero-order valence-corrected chi connectivity index (χ0v) is 10.6. The zero-order valence-electron chi connectivity index (χ0n) is 9.80. The normalized spacial score (nSPS) is 23.6. The van der Waals surface area contributed by atoms with Gasteiger partial charge in [-0.05, 0) is 35.8 Å². The summed E-state index contributed by atoms with van der Waals surface area (Å²) in [5.74, 6) is 0.826. The van der Waals surface area contributed by atoms with Crippen LogP contribution in [0, 0.1) is 5.92 Å². The number of thiophene rings is 1. The topological polar surface area (TPSA) is 17.8 Å². The molecule has 3 heteroatoms. The van der Waals surface area contributed by atoms with Crippen LogP contribution in [0.15, 0.2) is 24.0 Å². The molecule has 2 nitrogen and oxygen atoms in total. The Morgan fingerprint density at radius 1 is 1.24 bits per heavy atom. The second-order valence-electron chi connectivity index (χ2n) is 5.23. The van der Waals surface area contributed by atoms with Crippen molar-refractivity contribution in [1.82, 2.24) is 9.55 Å². The number of imidazole rings is 1. The number of hydrogen-bond donors (Lipinski definition) is 0. The Balaban J connectivity index is 1.81. The molecule has 1 atom stereocenters. The summed E-state index contributed by atoms with van der Waals surface area (Å²) in [7, 11) is 0. The first-order valence-corrected chi connectivity index (χ1v) is 7.43. The molecule has 0 amide bonds. The van der Waals surface area contributed by atoms with E-state index in [1.165, 1.54) is 42.7 Å². The Bertz CT molecular complexity index is 494. The van der Waals surface area contributed by atoms with E-state index in [2.05, 4.69) is 21.0 Å². The molecule has 1 saturated carbocycles. The maximum atomic E-state index is 4.34. The van der Waals surface area contributed by atoms with Gasteiger partial charge in [0.25, 0.3) is 0 Å². The van der Waals surface area contributed by atoms with E-state index < -0.39 is 0 Å². The number of rotatable bonds is 1. The number of nitrogens with zero attached hydrogens (tertiary/aromatic N) is 2. The molecule has 0 spiro atoms. The lowest BCUT2D eigenvalue weighted by molar-refractivity contribution is 0.286. The molecular weight excluding hydrogens is 228 g/mol. The molecule has 0 radical (unpaired) electrons. The first-order chi connectivity index (χ1) is 8.45. The van der Waals surface area contributed by atoms with Crippen molar-refractivity contribution in [3.63, 3.8) is 0 Å². The molecule has 1 aliphatic carbocycles. The lowest BCUT2D eigenvalue weighted by Gasteiger charge is -2.29. The summed E-state index contributed by atoms with van der Waals surface area (Å²) in [5.41, 5.74) is 2.89. The van der Waals surface area contributed by atoms with Gasteiger partial charge < -0.3 is 4.57 Å². The van der Waals surface area contributed by atoms with Crippen LogP contribution in [0.1, 0.15) is 43.7 Å². The van der Waals surface area contributed by atoms with Gasteiger partial charge in [-0.15, -0.1) is 11.3 Å². The Kier molecular flexibility index (Phi) is 2.15. The molecule has 2 aromatic heterocycles. The van der Waals surface area contributed by atoms with Crippen molar-refractivity contribution in [2.75, 3.05) is 0 Å². The Morgan fingerprint density at radius 2 is 2.12 bits per heavy atom. The molecule has 0 aromatic carbocycles. The second-order valence-corrected chi connectivity index (χ2v) is 6.15. The van der Waals surface area contributed by atoms with E-state index in [4.69, 9.17) is 0 Å². The third-order valence-electron chi connectivity index (χ3n) is 4.31. The van der Waals surface area contributed by atoms with E-state index in [0.717, 1.165) is 5.92 Å². The molecule has 3 heterocycles. The van der Waals surface area contributed by atoms with Crippen LogP contribution in [0.5, 0.6) is 0 Å². The first kappa shape index (κ1) is 9.89. The molecule has 1 unspecified atom stereocenters. The standard InChI is InChI=1S/C14H16N2S/c1-2-4-10(5-3-1)13-11-6-7-17-14(11)12-8-15-9-16(12)13/h6-10,13H,1-5H2. The third kappa shape index (κ3) is 1.35. The third-order valence-corrected chi connectivity index (χ3v) is 5.26. The summed E-state index contributed by atoms with van der Waals surface area (Å²) in [5, 5.41) is 2.23. The molecule has 1 fully saturated rings. The van der Waals surface area contributed by atoms with Crippen LogP contribution in [0.3, 0.4) is 0 Å². The van der Waals surface area contributed by atoms with Gasteiger partial charge in [0.2, 0.25) is 0 Å². The quantitative estimate of drug-likeness (QED) is 0.738. The van der Waals surface area contributed by atoms with Gasteiger partial charge in [-0.1, -0.05) is 19.3 Å². The highest BCUT2D eigenvalue weighted by Gasteiger charge is 2.35. The smallest absolute Gasteiger partial charge is 0.0957 e. The predicted octanol–water partition coefficient (Wildman–Crippen LogP) is 4.09. The van der Waals surface area contributed by atoms with Crippen LogP contribution in [0.2, 0.25) is 0 Å². The maximum Gasteiger partial charge on any atom is 0.0957 e. The average molecular weight is 244 g/mol. The lowest BCUT2D eigenvalue weighted by Crippen LogP contribution is -2.19. The summed E-state index contributed by atoms with van der Waals surface area (Å²) >= 11 is 1.87. The van der Waals surface area contributed by atoms with Crippen molar-refractivity contribution in [2.24, 2.45) is 5.92 Å². The van der Waals surface area contributed by atoms with Gasteiger partial charge in [-0.3, -0.25) is 0 Å². The molecule has 2 aromatic rings. The van der Waals surface area contributed by atoms with E-state index in [0.29, 0.717) is 6.04 Å². The van der Waals surface area contributed by atoms with Crippen LogP contribution in [-0.4, -0.2) is 9.55 Å². The largest absolute Gasteiger partial charge is 0.322 e. The zero-order chi connectivity index (χ0) is 11.2. The molecule has 0 saturated heterocycles. The van der Waals surface area contributed by atoms with Gasteiger partial charge in [0.05, 0.1) is 29.1 Å². The van der Waals surface area contributed by atoms with Crippen LogP contribution >= 0.6 is 11.3 Å². The minimum absolute atomic E-state index is 0.578. The number of aromatic nitrogens is 2. The van der Waals surface area contributed by atoms with Gasteiger partial charge >= 0.3 is 0 Å². The van der Waals surface area contributed by atoms with Crippen LogP contribution < -0.4 is 0 Å². The molecule has 1 aliphatic heterocycles. The molecule has 0 N–H and O–H groups in total. The van der Waals surface area contributed by atoms with E-state index in [1.807, 2.05) is 23.9 Å². The van der Waals surface area contributed by atoms with Crippen molar-refractivity contribution in [3.05, 3.63) is 29.5 Å². The molecule has 17 heavy (non-hydrogen) atoms. The fraction of sp³-hybridized carbons (Fsp3) is 0.500. The van der Waals surface area contributed by atoms with Crippen molar-refractivity contribution >= 4 is 11.3 Å². The SMILES string of the molecule is c1cc2c(s1)-c1cncn1C2C1CCCCC1. The van der Waals surface area contributed by atoms with Crippen molar-refractivity contribution in [2.45, 2.75) is 38.1 Å². The van der Waals surface area contributed by atoms with Crippen molar-refractivity contribution in [1.29, 1.82) is 0 Å². The molecule has 4 rings (SSSR count). The maximum absolute atomic E-state index is 4.34. The van der Waals surface area contributed by atoms with Crippen LogP contribution in [0.4, 0.5) is 0 Å². The Morgan fingerprint density at radius 3 is 3.00 bits per heavy atom. The van der Waals surface area contributed by atoms with Gasteiger partial charge in [-0.25, -0.2) is 4.98 Å². The summed E-state index contributed by atoms with van der Waals surface area (Å²) in [6.07, 6.45) is 11.1. The Hall–Kier alpha value is -1.09. The van der Waals surface area contributed by atoms with Gasteiger partial charge in [0.1, 0.15) is 0 Å². The van der Waals surface area contributed by atoms with Crippen LogP contribution in [0.25, 0.3) is 10.6 Å². The van der Waals surface area contributed by atoms with E-state index in [9.17, 15) is 0 Å². The summed E-state index contributed by atoms with van der Waals surface area (Å²) < 4.78 is 2.41. The minimum Gasteiger partial charge on any atom is -0.322 e. The predicted molar refractivity (Wildman–Crippen MR) is 70.3 cm³/mol. The summed E-state index contributed by atoms with van der Waals surface area (Å²) in [6, 6.07) is 2.90. The molecule has 2 aliphatic rings. The fourth-order valence-corrected chi connectivity index (χ4v) is 4.50. The monoisotopic (exact) mass is 244 g/mol. The van der Waals surface area contributed by atoms with E-state index >= 15 is 0 Å². The van der Waals surface area contributed by atoms with Crippen LogP contribution in [-0.2, 0) is 0 Å². The molecular formula is C14H16N2S. The highest BCUT2D eigenvalue weighted by atomic mass is 32.1. The second kappa shape index (κ2) is 3.70. The van der Waals surface area contributed by atoms with Crippen molar-refractivity contribution < 1.29 is 0 Å².